The third-order valence-corrected chi connectivity index (χ3v) is 7.06. The molecule has 36 heavy (non-hydrogen) atoms. The van der Waals surface area contributed by atoms with E-state index in [9.17, 15) is 5.11 Å². The van der Waals surface area contributed by atoms with Crippen molar-refractivity contribution in [2.24, 2.45) is 0 Å². The fourth-order valence-electron chi connectivity index (χ4n) is 5.16. The minimum absolute atomic E-state index is 0.577. The van der Waals surface area contributed by atoms with Gasteiger partial charge >= 0.3 is 0 Å². The molecule has 1 atom stereocenters. The van der Waals surface area contributed by atoms with Crippen molar-refractivity contribution >= 4 is 28.5 Å². The number of β-amino-alcohol motifs (C(OH)–C–C–N with tert-alkyl or cyclic N) is 1. The van der Waals surface area contributed by atoms with Crippen LogP contribution in [0, 0.1) is 0 Å². The zero-order valence-electron chi connectivity index (χ0n) is 21.3. The number of hydrogen-bond acceptors (Lipinski definition) is 10. The normalized spacial score (nSPS) is 20.8. The number of likely N-dealkylation sites (N-methyl/N-ethyl adjacent to an activating group) is 2. The lowest BCUT2D eigenvalue weighted by molar-refractivity contribution is -0.000956. The smallest absolute Gasteiger partial charge is 0.227 e. The van der Waals surface area contributed by atoms with Crippen LogP contribution >= 0.6 is 0 Å². The van der Waals surface area contributed by atoms with E-state index in [4.69, 9.17) is 9.72 Å². The molecule has 5 heterocycles. The monoisotopic (exact) mass is 492 g/mol. The molecule has 0 spiro atoms. The van der Waals surface area contributed by atoms with Crippen molar-refractivity contribution in [1.29, 1.82) is 0 Å². The molecule has 3 aromatic rings. The van der Waals surface area contributed by atoms with Gasteiger partial charge in [0, 0.05) is 71.5 Å². The Bertz CT molecular complexity index is 1150. The number of piperidine rings is 1. The molecule has 0 bridgehead atoms. The number of fused-ring (bicyclic) bond motifs is 1. The first-order valence-electron chi connectivity index (χ1n) is 12.7. The number of nitrogens with zero attached hydrogens (tertiary/aromatic N) is 8. The van der Waals surface area contributed by atoms with E-state index < -0.39 is 5.60 Å². The Balaban J connectivity index is 1.18. The maximum atomic E-state index is 11.5. The Morgan fingerprint density at radius 1 is 0.972 bits per heavy atom. The average molecular weight is 493 g/mol. The first-order valence-corrected chi connectivity index (χ1v) is 12.7. The van der Waals surface area contributed by atoms with Gasteiger partial charge in [0.15, 0.2) is 0 Å². The van der Waals surface area contributed by atoms with E-state index >= 15 is 0 Å². The van der Waals surface area contributed by atoms with Crippen molar-refractivity contribution in [1.82, 2.24) is 24.8 Å². The lowest BCUT2D eigenvalue weighted by atomic mass is 9.91. The standard InChI is InChI=1S/C26H36N8O2/c1-31(13-14-32(2)25-29-11-7-23(30-25)33-15-17-36-18-16-33)19-26(35)8-4-12-34(20-26)22-6-10-27-21-5-3-9-28-24(21)22/h3,5-7,9-11,35H,4,8,12-20H2,1-2H3. The van der Waals surface area contributed by atoms with Gasteiger partial charge in [-0.2, -0.15) is 4.98 Å². The Hall–Kier alpha value is -3.08. The second kappa shape index (κ2) is 10.9. The summed E-state index contributed by atoms with van der Waals surface area (Å²) in [4.78, 5) is 27.0. The van der Waals surface area contributed by atoms with Crippen molar-refractivity contribution in [3.63, 3.8) is 0 Å². The third kappa shape index (κ3) is 5.66. The predicted molar refractivity (Wildman–Crippen MR) is 142 cm³/mol. The molecule has 0 aliphatic carbocycles. The number of hydrogen-bond donors (Lipinski definition) is 1. The van der Waals surface area contributed by atoms with Gasteiger partial charge in [-0.3, -0.25) is 9.97 Å². The van der Waals surface area contributed by atoms with Gasteiger partial charge in [-0.15, -0.1) is 0 Å². The Kier molecular flexibility index (Phi) is 7.45. The topological polar surface area (TPSA) is 94.0 Å². The van der Waals surface area contributed by atoms with Gasteiger partial charge in [0.2, 0.25) is 5.95 Å². The fraction of sp³-hybridized carbons (Fsp3) is 0.538. The summed E-state index contributed by atoms with van der Waals surface area (Å²) >= 11 is 0. The summed E-state index contributed by atoms with van der Waals surface area (Å²) in [7, 11) is 4.09. The maximum absolute atomic E-state index is 11.5. The van der Waals surface area contributed by atoms with Crippen LogP contribution in [0.1, 0.15) is 12.8 Å². The molecule has 0 aromatic carbocycles. The molecule has 3 aromatic heterocycles. The van der Waals surface area contributed by atoms with Crippen LogP contribution in [-0.2, 0) is 4.74 Å². The van der Waals surface area contributed by atoms with Gasteiger partial charge in [-0.1, -0.05) is 0 Å². The number of pyridine rings is 2. The van der Waals surface area contributed by atoms with E-state index in [1.54, 1.807) is 6.20 Å². The van der Waals surface area contributed by atoms with E-state index in [0.717, 1.165) is 81.3 Å². The maximum Gasteiger partial charge on any atom is 0.227 e. The highest BCUT2D eigenvalue weighted by atomic mass is 16.5. The van der Waals surface area contributed by atoms with E-state index in [1.807, 2.05) is 43.7 Å². The van der Waals surface area contributed by atoms with Crippen LogP contribution in [0.5, 0.6) is 0 Å². The molecular formula is C26H36N8O2. The van der Waals surface area contributed by atoms with Crippen molar-refractivity contribution in [3.05, 3.63) is 42.9 Å². The van der Waals surface area contributed by atoms with Crippen molar-refractivity contribution in [3.8, 4) is 0 Å². The number of aliphatic hydroxyl groups is 1. The molecule has 2 aliphatic rings. The second-order valence-electron chi connectivity index (χ2n) is 9.92. The number of aromatic nitrogens is 4. The zero-order valence-corrected chi connectivity index (χ0v) is 21.3. The van der Waals surface area contributed by atoms with Gasteiger partial charge in [0.05, 0.1) is 30.0 Å². The number of ether oxygens (including phenoxy) is 1. The van der Waals surface area contributed by atoms with Crippen LogP contribution in [-0.4, -0.2) is 109 Å². The molecule has 0 saturated carbocycles. The van der Waals surface area contributed by atoms with Gasteiger partial charge in [-0.25, -0.2) is 4.98 Å². The largest absolute Gasteiger partial charge is 0.387 e. The average Bonchev–Trinajstić information content (AvgIpc) is 2.91. The van der Waals surface area contributed by atoms with Gasteiger partial charge in [0.25, 0.3) is 0 Å². The summed E-state index contributed by atoms with van der Waals surface area (Å²) in [5.74, 6) is 1.66. The third-order valence-electron chi connectivity index (χ3n) is 7.06. The molecule has 2 aliphatic heterocycles. The summed E-state index contributed by atoms with van der Waals surface area (Å²) in [6, 6.07) is 7.85. The van der Waals surface area contributed by atoms with Crippen LogP contribution in [0.2, 0.25) is 0 Å². The Morgan fingerprint density at radius 2 is 1.81 bits per heavy atom. The highest BCUT2D eigenvalue weighted by Gasteiger charge is 2.35. The van der Waals surface area contributed by atoms with Gasteiger partial charge < -0.3 is 29.4 Å². The molecule has 2 saturated heterocycles. The molecule has 2 fully saturated rings. The molecular weight excluding hydrogens is 456 g/mol. The molecule has 1 N–H and O–H groups in total. The number of anilines is 3. The molecule has 5 rings (SSSR count). The van der Waals surface area contributed by atoms with Crippen molar-refractivity contribution < 1.29 is 9.84 Å². The van der Waals surface area contributed by atoms with E-state index in [0.29, 0.717) is 19.0 Å². The first-order chi connectivity index (χ1) is 17.5. The predicted octanol–water partition coefficient (Wildman–Crippen LogP) is 1.66. The van der Waals surface area contributed by atoms with Crippen molar-refractivity contribution in [2.45, 2.75) is 18.4 Å². The Morgan fingerprint density at radius 3 is 2.67 bits per heavy atom. The van der Waals surface area contributed by atoms with Crippen LogP contribution in [0.3, 0.4) is 0 Å². The lowest BCUT2D eigenvalue weighted by Crippen LogP contribution is -2.54. The molecule has 1 unspecified atom stereocenters. The Labute approximate surface area is 212 Å². The molecule has 192 valence electrons. The summed E-state index contributed by atoms with van der Waals surface area (Å²) in [5.41, 5.74) is 2.02. The van der Waals surface area contributed by atoms with Crippen LogP contribution < -0.4 is 14.7 Å². The molecule has 10 heteroatoms. The highest BCUT2D eigenvalue weighted by Crippen LogP contribution is 2.30. The van der Waals surface area contributed by atoms with E-state index in [2.05, 4.69) is 41.6 Å². The fourth-order valence-corrected chi connectivity index (χ4v) is 5.16. The second-order valence-corrected chi connectivity index (χ2v) is 9.92. The van der Waals surface area contributed by atoms with Crippen LogP contribution in [0.25, 0.3) is 11.0 Å². The van der Waals surface area contributed by atoms with Gasteiger partial charge in [-0.05, 0) is 44.2 Å². The number of morpholine rings is 1. The summed E-state index contributed by atoms with van der Waals surface area (Å²) in [6.45, 7) is 6.80. The minimum atomic E-state index is -0.789. The van der Waals surface area contributed by atoms with Crippen LogP contribution in [0.15, 0.2) is 42.9 Å². The minimum Gasteiger partial charge on any atom is -0.387 e. The van der Waals surface area contributed by atoms with Gasteiger partial charge in [0.1, 0.15) is 11.3 Å². The zero-order chi connectivity index (χ0) is 25.0. The van der Waals surface area contributed by atoms with Crippen molar-refractivity contribution in [2.75, 3.05) is 87.8 Å². The first kappa shape index (κ1) is 24.6. The molecule has 0 radical (unpaired) electrons. The SMILES string of the molecule is CN(CCN(C)c1nccc(N2CCOCC2)n1)CC1(O)CCCN(c2ccnc3cccnc23)C1. The van der Waals surface area contributed by atoms with Crippen LogP contribution in [0.4, 0.5) is 17.5 Å². The van der Waals surface area contributed by atoms with E-state index in [-0.39, 0.29) is 0 Å². The quantitative estimate of drug-likeness (QED) is 0.500. The summed E-state index contributed by atoms with van der Waals surface area (Å²) in [6.07, 6.45) is 7.16. The molecule has 0 amide bonds. The lowest BCUT2D eigenvalue weighted by Gasteiger charge is -2.42. The van der Waals surface area contributed by atoms with E-state index in [1.165, 1.54) is 0 Å². The summed E-state index contributed by atoms with van der Waals surface area (Å²) in [5, 5.41) is 11.5. The molecule has 10 nitrogen and oxygen atoms in total. The number of rotatable bonds is 8. The summed E-state index contributed by atoms with van der Waals surface area (Å²) < 4.78 is 5.45. The highest BCUT2D eigenvalue weighted by molar-refractivity contribution is 5.87.